The Hall–Kier alpha value is -0.610. The molecule has 0 heterocycles. The Bertz CT molecular complexity index is 157. The molecule has 0 saturated heterocycles. The van der Waals surface area contributed by atoms with Crippen LogP contribution in [0.3, 0.4) is 0 Å². The second kappa shape index (κ2) is 5.94. The third kappa shape index (κ3) is 5.60. The Labute approximate surface area is 80.4 Å². The third-order valence-corrected chi connectivity index (χ3v) is 1.75. The van der Waals surface area contributed by atoms with Gasteiger partial charge in [-0.15, -0.1) is 0 Å². The molecule has 0 aliphatic heterocycles. The van der Waals surface area contributed by atoms with Crippen molar-refractivity contribution in [2.75, 3.05) is 20.6 Å². The first-order chi connectivity index (χ1) is 5.97. The van der Waals surface area contributed by atoms with E-state index in [1.807, 2.05) is 0 Å². The van der Waals surface area contributed by atoms with E-state index in [0.717, 1.165) is 6.42 Å². The number of hydrogen-bond acceptors (Lipinski definition) is 3. The normalized spacial score (nSPS) is 13.5. The highest BCUT2D eigenvalue weighted by molar-refractivity contribution is 5.78. The maximum absolute atomic E-state index is 11.5. The van der Waals surface area contributed by atoms with E-state index >= 15 is 0 Å². The van der Waals surface area contributed by atoms with Gasteiger partial charge in [-0.3, -0.25) is 10.2 Å². The molecule has 4 heteroatoms. The van der Waals surface area contributed by atoms with Gasteiger partial charge in [0.05, 0.1) is 5.92 Å². The van der Waals surface area contributed by atoms with Gasteiger partial charge in [-0.25, -0.2) is 5.01 Å². The molecule has 4 nitrogen and oxygen atoms in total. The lowest BCUT2D eigenvalue weighted by Gasteiger charge is -2.19. The summed E-state index contributed by atoms with van der Waals surface area (Å²) in [5.74, 6) is 0.449. The zero-order valence-corrected chi connectivity index (χ0v) is 9.00. The second-order valence-electron chi connectivity index (χ2n) is 3.93. The van der Waals surface area contributed by atoms with Crippen LogP contribution in [0.5, 0.6) is 0 Å². The van der Waals surface area contributed by atoms with Crippen molar-refractivity contribution < 1.29 is 4.79 Å². The number of hydrazine groups is 1. The first kappa shape index (κ1) is 12.4. The van der Waals surface area contributed by atoms with Gasteiger partial charge < -0.3 is 5.73 Å². The Morgan fingerprint density at radius 3 is 2.31 bits per heavy atom. The number of rotatable bonds is 5. The van der Waals surface area contributed by atoms with Gasteiger partial charge in [-0.2, -0.15) is 0 Å². The van der Waals surface area contributed by atoms with E-state index in [4.69, 9.17) is 5.73 Å². The van der Waals surface area contributed by atoms with Crippen LogP contribution >= 0.6 is 0 Å². The molecule has 3 N–H and O–H groups in total. The Balaban J connectivity index is 3.99. The zero-order chi connectivity index (χ0) is 10.4. The molecule has 0 aliphatic rings. The van der Waals surface area contributed by atoms with Crippen LogP contribution in [0.1, 0.15) is 20.3 Å². The number of nitrogens with two attached hydrogens (primary N) is 1. The summed E-state index contributed by atoms with van der Waals surface area (Å²) in [7, 11) is 3.59. The fourth-order valence-corrected chi connectivity index (χ4v) is 1.19. The van der Waals surface area contributed by atoms with Crippen molar-refractivity contribution in [3.8, 4) is 0 Å². The number of carbonyl (C=O) groups excluding carboxylic acids is 1. The Morgan fingerprint density at radius 2 is 2.00 bits per heavy atom. The summed E-state index contributed by atoms with van der Waals surface area (Å²) < 4.78 is 0. The molecular weight excluding hydrogens is 166 g/mol. The second-order valence-corrected chi connectivity index (χ2v) is 3.93. The fraction of sp³-hybridized carbons (Fsp3) is 0.889. The number of nitrogens with zero attached hydrogens (tertiary/aromatic N) is 1. The monoisotopic (exact) mass is 187 g/mol. The highest BCUT2D eigenvalue weighted by Gasteiger charge is 2.17. The van der Waals surface area contributed by atoms with Crippen LogP contribution in [-0.2, 0) is 4.79 Å². The molecule has 0 radical (unpaired) electrons. The van der Waals surface area contributed by atoms with Crippen LogP contribution < -0.4 is 11.2 Å². The van der Waals surface area contributed by atoms with E-state index in [9.17, 15) is 4.79 Å². The van der Waals surface area contributed by atoms with E-state index in [1.165, 1.54) is 0 Å². The topological polar surface area (TPSA) is 58.4 Å². The third-order valence-electron chi connectivity index (χ3n) is 1.75. The minimum Gasteiger partial charge on any atom is -0.330 e. The van der Waals surface area contributed by atoms with Crippen molar-refractivity contribution in [2.45, 2.75) is 20.3 Å². The van der Waals surface area contributed by atoms with Gasteiger partial charge in [-0.1, -0.05) is 13.8 Å². The van der Waals surface area contributed by atoms with Crippen molar-refractivity contribution in [1.29, 1.82) is 0 Å². The molecule has 0 spiro atoms. The number of carbonyl (C=O) groups is 1. The summed E-state index contributed by atoms with van der Waals surface area (Å²) >= 11 is 0. The van der Waals surface area contributed by atoms with Gasteiger partial charge >= 0.3 is 0 Å². The van der Waals surface area contributed by atoms with Crippen molar-refractivity contribution in [2.24, 2.45) is 17.6 Å². The maximum Gasteiger partial charge on any atom is 0.238 e. The molecule has 0 aromatic carbocycles. The van der Waals surface area contributed by atoms with Crippen LogP contribution in [0.2, 0.25) is 0 Å². The molecule has 0 rings (SSSR count). The molecule has 1 amide bonds. The average molecular weight is 187 g/mol. The molecule has 1 unspecified atom stereocenters. The minimum absolute atomic E-state index is 0.0150. The van der Waals surface area contributed by atoms with Crippen molar-refractivity contribution in [3.05, 3.63) is 0 Å². The highest BCUT2D eigenvalue weighted by Crippen LogP contribution is 2.10. The molecule has 13 heavy (non-hydrogen) atoms. The van der Waals surface area contributed by atoms with Gasteiger partial charge in [0.2, 0.25) is 5.91 Å². The maximum atomic E-state index is 11.5. The van der Waals surface area contributed by atoms with Gasteiger partial charge in [0.1, 0.15) is 0 Å². The van der Waals surface area contributed by atoms with Crippen LogP contribution in [0.4, 0.5) is 0 Å². The van der Waals surface area contributed by atoms with Gasteiger partial charge in [0, 0.05) is 20.6 Å². The van der Waals surface area contributed by atoms with Gasteiger partial charge in [-0.05, 0) is 12.3 Å². The van der Waals surface area contributed by atoms with Crippen molar-refractivity contribution >= 4 is 5.91 Å². The van der Waals surface area contributed by atoms with Crippen molar-refractivity contribution in [3.63, 3.8) is 0 Å². The Kier molecular flexibility index (Phi) is 5.66. The van der Waals surface area contributed by atoms with Gasteiger partial charge in [0.25, 0.3) is 0 Å². The van der Waals surface area contributed by atoms with Crippen LogP contribution in [0, 0.1) is 11.8 Å². The van der Waals surface area contributed by atoms with Crippen LogP contribution in [0.15, 0.2) is 0 Å². The first-order valence-electron chi connectivity index (χ1n) is 4.65. The average Bonchev–Trinajstić information content (AvgIpc) is 1.98. The summed E-state index contributed by atoms with van der Waals surface area (Å²) in [5, 5.41) is 1.64. The number of hydrogen-bond donors (Lipinski definition) is 2. The molecule has 0 fully saturated rings. The predicted octanol–water partition coefficient (Wildman–Crippen LogP) is 0.200. The Morgan fingerprint density at radius 1 is 1.46 bits per heavy atom. The van der Waals surface area contributed by atoms with Gasteiger partial charge in [0.15, 0.2) is 0 Å². The number of nitrogens with one attached hydrogen (secondary N) is 1. The molecule has 1 atom stereocenters. The molecule has 0 aromatic heterocycles. The summed E-state index contributed by atoms with van der Waals surface area (Å²) in [6, 6.07) is 0. The summed E-state index contributed by atoms with van der Waals surface area (Å²) in [4.78, 5) is 11.5. The lowest BCUT2D eigenvalue weighted by Crippen LogP contribution is -2.42. The van der Waals surface area contributed by atoms with E-state index in [-0.39, 0.29) is 11.8 Å². The summed E-state index contributed by atoms with van der Waals surface area (Å²) in [6.07, 6.45) is 0.843. The molecule has 0 bridgehead atoms. The first-order valence-corrected chi connectivity index (χ1v) is 4.65. The highest BCUT2D eigenvalue weighted by atomic mass is 16.2. The molecular formula is C9H21N3O. The van der Waals surface area contributed by atoms with Crippen LogP contribution in [-0.4, -0.2) is 31.6 Å². The smallest absolute Gasteiger partial charge is 0.238 e. The molecule has 0 aliphatic carbocycles. The van der Waals surface area contributed by atoms with E-state index in [1.54, 1.807) is 19.1 Å². The van der Waals surface area contributed by atoms with E-state index in [2.05, 4.69) is 19.3 Å². The minimum atomic E-state index is -0.0672. The predicted molar refractivity (Wildman–Crippen MR) is 53.8 cm³/mol. The molecule has 0 aromatic rings. The summed E-state index contributed by atoms with van der Waals surface area (Å²) in [6.45, 7) is 4.59. The summed E-state index contributed by atoms with van der Waals surface area (Å²) in [5.41, 5.74) is 8.23. The molecule has 0 saturated carbocycles. The van der Waals surface area contributed by atoms with E-state index < -0.39 is 0 Å². The quantitative estimate of drug-likeness (QED) is 0.604. The largest absolute Gasteiger partial charge is 0.330 e. The SMILES string of the molecule is CC(C)CC(CN)C(=O)NN(C)C. The zero-order valence-electron chi connectivity index (χ0n) is 9.00. The lowest BCUT2D eigenvalue weighted by atomic mass is 9.97. The lowest BCUT2D eigenvalue weighted by molar-refractivity contribution is -0.129. The molecule has 78 valence electrons. The number of amides is 1. The van der Waals surface area contributed by atoms with E-state index in [0.29, 0.717) is 12.5 Å². The standard InChI is InChI=1S/C9H21N3O/c1-7(2)5-8(6-10)9(13)11-12(3)4/h7-8H,5-6,10H2,1-4H3,(H,11,13). The van der Waals surface area contributed by atoms with Crippen molar-refractivity contribution in [1.82, 2.24) is 10.4 Å². The van der Waals surface area contributed by atoms with Crippen LogP contribution in [0.25, 0.3) is 0 Å². The fourth-order valence-electron chi connectivity index (χ4n) is 1.19.